The van der Waals surface area contributed by atoms with Gasteiger partial charge in [-0.05, 0) is 24.6 Å². The van der Waals surface area contributed by atoms with E-state index >= 15 is 0 Å². The first-order valence-electron chi connectivity index (χ1n) is 8.71. The second-order valence-corrected chi connectivity index (χ2v) is 7.62. The lowest BCUT2D eigenvalue weighted by atomic mass is 10.2. The Hall–Kier alpha value is -2.67. The van der Waals surface area contributed by atoms with Crippen molar-refractivity contribution in [3.8, 4) is 11.4 Å². The quantitative estimate of drug-likeness (QED) is 0.625. The van der Waals surface area contributed by atoms with Crippen LogP contribution >= 0.6 is 11.8 Å². The highest BCUT2D eigenvalue weighted by Gasteiger charge is 2.34. The van der Waals surface area contributed by atoms with Crippen LogP contribution in [0.2, 0.25) is 0 Å². The summed E-state index contributed by atoms with van der Waals surface area (Å²) in [7, 11) is 0. The predicted octanol–water partition coefficient (Wildman–Crippen LogP) is 3.93. The van der Waals surface area contributed by atoms with Crippen molar-refractivity contribution in [3.63, 3.8) is 0 Å². The smallest absolute Gasteiger partial charge is 0.319 e. The number of thioether (sulfide) groups is 1. The van der Waals surface area contributed by atoms with Gasteiger partial charge in [-0.3, -0.25) is 9.36 Å². The molecule has 4 rings (SSSR count). The molecule has 0 saturated carbocycles. The number of rotatable bonds is 5. The fourth-order valence-electron chi connectivity index (χ4n) is 3.07. The lowest BCUT2D eigenvalue weighted by Gasteiger charge is -2.12. The van der Waals surface area contributed by atoms with Crippen molar-refractivity contribution >= 4 is 17.7 Å². The van der Waals surface area contributed by atoms with Crippen LogP contribution in [0.15, 0.2) is 59.8 Å². The van der Waals surface area contributed by atoms with Gasteiger partial charge < -0.3 is 4.74 Å². The van der Waals surface area contributed by atoms with Crippen molar-refractivity contribution in [3.05, 3.63) is 66.0 Å². The lowest BCUT2D eigenvalue weighted by molar-refractivity contribution is -0.140. The summed E-state index contributed by atoms with van der Waals surface area (Å²) in [4.78, 5) is 12.0. The highest BCUT2D eigenvalue weighted by atomic mass is 32.2. The van der Waals surface area contributed by atoms with E-state index in [-0.39, 0.29) is 23.1 Å². The van der Waals surface area contributed by atoms with E-state index in [4.69, 9.17) is 4.74 Å². The van der Waals surface area contributed by atoms with E-state index in [1.54, 1.807) is 18.2 Å². The third-order valence-corrected chi connectivity index (χ3v) is 5.57. The minimum atomic E-state index is -0.357. The zero-order valence-corrected chi connectivity index (χ0v) is 15.5. The van der Waals surface area contributed by atoms with E-state index in [0.29, 0.717) is 29.5 Å². The van der Waals surface area contributed by atoms with Gasteiger partial charge in [0, 0.05) is 6.42 Å². The maximum Gasteiger partial charge on any atom is 0.319 e. The molecule has 27 heavy (non-hydrogen) atoms. The molecule has 3 aromatic rings. The standard InChI is InChI=1S/C20H18FN3O2S/c1-13-11-17(19(25)26-13)27-20-23-22-18(15-9-5-6-10-16(15)21)24(20)12-14-7-3-2-4-8-14/h2-10,13,17H,11-12H2,1H3/t13-,17-/m1/s1. The second kappa shape index (κ2) is 7.52. The predicted molar refractivity (Wildman–Crippen MR) is 101 cm³/mol. The van der Waals surface area contributed by atoms with Crippen molar-refractivity contribution < 1.29 is 13.9 Å². The van der Waals surface area contributed by atoms with Crippen LogP contribution in [0.5, 0.6) is 0 Å². The Morgan fingerprint density at radius 1 is 1.15 bits per heavy atom. The summed E-state index contributed by atoms with van der Waals surface area (Å²) in [5.41, 5.74) is 1.43. The second-order valence-electron chi connectivity index (χ2n) is 6.45. The Kier molecular flexibility index (Phi) is 4.94. The molecule has 1 aromatic heterocycles. The van der Waals surface area contributed by atoms with Gasteiger partial charge in [-0.25, -0.2) is 4.39 Å². The maximum absolute atomic E-state index is 14.4. The molecule has 138 valence electrons. The van der Waals surface area contributed by atoms with Crippen LogP contribution in [0.1, 0.15) is 18.9 Å². The molecule has 2 aromatic carbocycles. The minimum Gasteiger partial charge on any atom is -0.462 e. The van der Waals surface area contributed by atoms with Crippen LogP contribution in [0.3, 0.4) is 0 Å². The van der Waals surface area contributed by atoms with E-state index in [2.05, 4.69) is 10.2 Å². The largest absolute Gasteiger partial charge is 0.462 e. The minimum absolute atomic E-state index is 0.105. The number of esters is 1. The Balaban J connectivity index is 1.73. The van der Waals surface area contributed by atoms with Crippen molar-refractivity contribution in [1.82, 2.24) is 14.8 Å². The van der Waals surface area contributed by atoms with Gasteiger partial charge in [-0.2, -0.15) is 0 Å². The zero-order chi connectivity index (χ0) is 18.8. The van der Waals surface area contributed by atoms with Gasteiger partial charge in [0.05, 0.1) is 12.1 Å². The molecule has 1 aliphatic rings. The number of carbonyl (C=O) groups excluding carboxylic acids is 1. The highest BCUT2D eigenvalue weighted by Crippen LogP contribution is 2.34. The summed E-state index contributed by atoms with van der Waals surface area (Å²) < 4.78 is 21.5. The van der Waals surface area contributed by atoms with Gasteiger partial charge >= 0.3 is 5.97 Å². The maximum atomic E-state index is 14.4. The van der Waals surface area contributed by atoms with Crippen LogP contribution in [0, 0.1) is 5.82 Å². The highest BCUT2D eigenvalue weighted by molar-refractivity contribution is 8.00. The van der Waals surface area contributed by atoms with Gasteiger partial charge in [0.1, 0.15) is 17.2 Å². The number of nitrogens with zero attached hydrogens (tertiary/aromatic N) is 3. The SMILES string of the molecule is C[C@@H]1C[C@@H](Sc2nnc(-c3ccccc3F)n2Cc2ccccc2)C(=O)O1. The average Bonchev–Trinajstić information content (AvgIpc) is 3.19. The number of aromatic nitrogens is 3. The number of halogens is 1. The number of hydrogen-bond donors (Lipinski definition) is 0. The van der Waals surface area contributed by atoms with Gasteiger partial charge in [-0.15, -0.1) is 10.2 Å². The van der Waals surface area contributed by atoms with Crippen molar-refractivity contribution in [2.75, 3.05) is 0 Å². The molecule has 0 radical (unpaired) electrons. The van der Waals surface area contributed by atoms with Crippen molar-refractivity contribution in [1.29, 1.82) is 0 Å². The molecular formula is C20H18FN3O2S. The zero-order valence-electron chi connectivity index (χ0n) is 14.7. The first-order chi connectivity index (χ1) is 13.1. The summed E-state index contributed by atoms with van der Waals surface area (Å²) in [5, 5.41) is 8.73. The first kappa shape index (κ1) is 17.7. The van der Waals surface area contributed by atoms with Crippen LogP contribution in [0.4, 0.5) is 4.39 Å². The Bertz CT molecular complexity index is 961. The van der Waals surface area contributed by atoms with Gasteiger partial charge in [0.25, 0.3) is 0 Å². The number of ether oxygens (including phenoxy) is 1. The molecule has 0 amide bonds. The van der Waals surface area contributed by atoms with Gasteiger partial charge in [0.2, 0.25) is 0 Å². The number of carbonyl (C=O) groups is 1. The van der Waals surface area contributed by atoms with E-state index in [1.165, 1.54) is 17.8 Å². The van der Waals surface area contributed by atoms with Crippen LogP contribution in [-0.4, -0.2) is 32.1 Å². The third-order valence-electron chi connectivity index (χ3n) is 4.39. The van der Waals surface area contributed by atoms with Gasteiger partial charge in [0.15, 0.2) is 11.0 Å². The summed E-state index contributed by atoms with van der Waals surface area (Å²) in [6, 6.07) is 16.3. The van der Waals surface area contributed by atoms with E-state index < -0.39 is 0 Å². The summed E-state index contributed by atoms with van der Waals surface area (Å²) in [6.07, 6.45) is 0.517. The number of hydrogen-bond acceptors (Lipinski definition) is 5. The molecule has 0 N–H and O–H groups in total. The fourth-order valence-corrected chi connectivity index (χ4v) is 4.21. The molecule has 5 nitrogen and oxygen atoms in total. The molecule has 2 atom stereocenters. The molecule has 2 heterocycles. The van der Waals surface area contributed by atoms with E-state index in [9.17, 15) is 9.18 Å². The molecule has 1 saturated heterocycles. The molecule has 0 spiro atoms. The van der Waals surface area contributed by atoms with Crippen LogP contribution in [-0.2, 0) is 16.1 Å². The Morgan fingerprint density at radius 3 is 2.59 bits per heavy atom. The normalized spacial score (nSPS) is 19.3. The number of benzene rings is 2. The lowest BCUT2D eigenvalue weighted by Crippen LogP contribution is -2.12. The molecule has 0 bridgehead atoms. The molecule has 0 aliphatic carbocycles. The molecule has 1 fully saturated rings. The van der Waals surface area contributed by atoms with E-state index in [0.717, 1.165) is 5.56 Å². The monoisotopic (exact) mass is 383 g/mol. The molecule has 1 aliphatic heterocycles. The Labute approximate surface area is 160 Å². The molecule has 0 unspecified atom stereocenters. The van der Waals surface area contributed by atoms with E-state index in [1.807, 2.05) is 41.8 Å². The first-order valence-corrected chi connectivity index (χ1v) is 9.59. The van der Waals surface area contributed by atoms with Crippen molar-refractivity contribution in [2.45, 2.75) is 36.4 Å². The fraction of sp³-hybridized carbons (Fsp3) is 0.250. The topological polar surface area (TPSA) is 57.0 Å². The van der Waals surface area contributed by atoms with Crippen molar-refractivity contribution in [2.24, 2.45) is 0 Å². The van der Waals surface area contributed by atoms with Crippen LogP contribution < -0.4 is 0 Å². The third kappa shape index (κ3) is 3.73. The van der Waals surface area contributed by atoms with Crippen LogP contribution in [0.25, 0.3) is 11.4 Å². The number of cyclic esters (lactones) is 1. The Morgan fingerprint density at radius 2 is 1.89 bits per heavy atom. The molecular weight excluding hydrogens is 365 g/mol. The van der Waals surface area contributed by atoms with Gasteiger partial charge in [-0.1, -0.05) is 54.2 Å². The summed E-state index contributed by atoms with van der Waals surface area (Å²) in [6.45, 7) is 2.36. The summed E-state index contributed by atoms with van der Waals surface area (Å²) in [5.74, 6) is -0.155. The average molecular weight is 383 g/mol. The summed E-state index contributed by atoms with van der Waals surface area (Å²) >= 11 is 1.32. The molecule has 7 heteroatoms.